The van der Waals surface area contributed by atoms with E-state index in [4.69, 9.17) is 4.74 Å². The van der Waals surface area contributed by atoms with Gasteiger partial charge in [0, 0.05) is 17.4 Å². The molecule has 2 aromatic rings. The second-order valence-corrected chi connectivity index (χ2v) is 9.07. The molecular formula is C23H28N4O6. The molecule has 33 heavy (non-hydrogen) atoms. The summed E-state index contributed by atoms with van der Waals surface area (Å²) >= 11 is 0. The first-order chi connectivity index (χ1) is 15.5. The highest BCUT2D eigenvalue weighted by Crippen LogP contribution is 2.45. The molecule has 2 aliphatic rings. The van der Waals surface area contributed by atoms with Gasteiger partial charge in [-0.15, -0.1) is 0 Å². The van der Waals surface area contributed by atoms with Crippen LogP contribution in [-0.2, 0) is 26.3 Å². The van der Waals surface area contributed by atoms with Crippen LogP contribution in [0.1, 0.15) is 39.0 Å². The Bertz CT molecular complexity index is 1170. The zero-order valence-corrected chi connectivity index (χ0v) is 19.3. The van der Waals surface area contributed by atoms with Gasteiger partial charge in [0.1, 0.15) is 17.8 Å². The summed E-state index contributed by atoms with van der Waals surface area (Å²) in [5.74, 6) is -2.06. The maximum Gasteiger partial charge on any atom is 0.328 e. The number of fused-ring (bicyclic) bond motifs is 5. The summed E-state index contributed by atoms with van der Waals surface area (Å²) in [7, 11) is 1.58. The first-order valence-corrected chi connectivity index (χ1v) is 10.9. The van der Waals surface area contributed by atoms with Gasteiger partial charge in [0.15, 0.2) is 5.54 Å². The van der Waals surface area contributed by atoms with Gasteiger partial charge in [-0.05, 0) is 49.9 Å². The SMILES string of the molecule is COc1ccc2[nH]c3c(c2c1)CCN1C(=O)N([C@@H](C)C(=O)N[C@H](C(=O)O)C(C)C)C(=O)[C@]31C. The summed E-state index contributed by atoms with van der Waals surface area (Å²) < 4.78 is 5.33. The van der Waals surface area contributed by atoms with E-state index < -0.39 is 41.4 Å². The predicted molar refractivity (Wildman–Crippen MR) is 119 cm³/mol. The Morgan fingerprint density at radius 2 is 1.94 bits per heavy atom. The Hall–Kier alpha value is -3.56. The third kappa shape index (κ3) is 3.23. The van der Waals surface area contributed by atoms with Crippen LogP contribution in [0.15, 0.2) is 18.2 Å². The highest BCUT2D eigenvalue weighted by molar-refractivity contribution is 6.11. The van der Waals surface area contributed by atoms with Crippen LogP contribution in [0.25, 0.3) is 10.9 Å². The maximum absolute atomic E-state index is 13.7. The Morgan fingerprint density at radius 3 is 2.55 bits per heavy atom. The second-order valence-electron chi connectivity index (χ2n) is 9.07. The van der Waals surface area contributed by atoms with Crippen molar-refractivity contribution in [1.82, 2.24) is 20.1 Å². The molecule has 0 aliphatic carbocycles. The molecule has 1 fully saturated rings. The van der Waals surface area contributed by atoms with Crippen molar-refractivity contribution in [3.05, 3.63) is 29.5 Å². The number of amides is 4. The number of rotatable bonds is 6. The van der Waals surface area contributed by atoms with Gasteiger partial charge in [0.05, 0.1) is 12.8 Å². The fraction of sp³-hybridized carbons (Fsp3) is 0.478. The number of carbonyl (C=O) groups is 4. The van der Waals surface area contributed by atoms with Crippen molar-refractivity contribution in [2.45, 2.75) is 51.7 Å². The van der Waals surface area contributed by atoms with Gasteiger partial charge in [-0.2, -0.15) is 0 Å². The second kappa shape index (κ2) is 7.79. The van der Waals surface area contributed by atoms with Gasteiger partial charge in [-0.1, -0.05) is 13.8 Å². The lowest BCUT2D eigenvalue weighted by molar-refractivity contribution is -0.144. The molecule has 176 valence electrons. The lowest BCUT2D eigenvalue weighted by Gasteiger charge is -2.36. The molecule has 1 aromatic heterocycles. The quantitative estimate of drug-likeness (QED) is 0.568. The van der Waals surface area contributed by atoms with Crippen LogP contribution >= 0.6 is 0 Å². The fourth-order valence-corrected chi connectivity index (χ4v) is 4.82. The van der Waals surface area contributed by atoms with Crippen LogP contribution in [0.4, 0.5) is 4.79 Å². The molecular weight excluding hydrogens is 428 g/mol. The van der Waals surface area contributed by atoms with E-state index in [1.165, 1.54) is 11.8 Å². The van der Waals surface area contributed by atoms with Crippen molar-refractivity contribution in [2.75, 3.05) is 13.7 Å². The minimum absolute atomic E-state index is 0.312. The molecule has 4 rings (SSSR count). The first-order valence-electron chi connectivity index (χ1n) is 10.9. The van der Waals surface area contributed by atoms with Crippen molar-refractivity contribution < 1.29 is 29.0 Å². The largest absolute Gasteiger partial charge is 0.497 e. The Labute approximate surface area is 190 Å². The number of nitrogens with zero attached hydrogens (tertiary/aromatic N) is 2. The number of methoxy groups -OCH3 is 1. The Morgan fingerprint density at radius 1 is 1.24 bits per heavy atom. The predicted octanol–water partition coefficient (Wildman–Crippen LogP) is 1.83. The molecule has 0 spiro atoms. The third-order valence-electron chi connectivity index (χ3n) is 6.79. The number of hydrogen-bond acceptors (Lipinski definition) is 5. The summed E-state index contributed by atoms with van der Waals surface area (Å²) in [5.41, 5.74) is 1.09. The Balaban J connectivity index is 1.70. The van der Waals surface area contributed by atoms with E-state index in [0.717, 1.165) is 21.4 Å². The molecule has 2 aliphatic heterocycles. The first kappa shape index (κ1) is 22.6. The minimum Gasteiger partial charge on any atom is -0.497 e. The fourth-order valence-electron chi connectivity index (χ4n) is 4.82. The van der Waals surface area contributed by atoms with Crippen molar-refractivity contribution >= 4 is 34.7 Å². The van der Waals surface area contributed by atoms with Gasteiger partial charge in [0.25, 0.3) is 5.91 Å². The van der Waals surface area contributed by atoms with Gasteiger partial charge in [-0.3, -0.25) is 9.59 Å². The van der Waals surface area contributed by atoms with E-state index in [2.05, 4.69) is 10.3 Å². The molecule has 0 radical (unpaired) electrons. The molecule has 1 aromatic carbocycles. The van der Waals surface area contributed by atoms with E-state index in [1.807, 2.05) is 18.2 Å². The van der Waals surface area contributed by atoms with Crippen molar-refractivity contribution in [1.29, 1.82) is 0 Å². The van der Waals surface area contributed by atoms with Crippen LogP contribution in [0, 0.1) is 5.92 Å². The lowest BCUT2D eigenvalue weighted by Crippen LogP contribution is -2.54. The van der Waals surface area contributed by atoms with Gasteiger partial charge in [-0.25, -0.2) is 14.5 Å². The lowest BCUT2D eigenvalue weighted by atomic mass is 9.87. The molecule has 3 N–H and O–H groups in total. The zero-order chi connectivity index (χ0) is 24.2. The molecule has 10 heteroatoms. The monoisotopic (exact) mass is 456 g/mol. The average molecular weight is 456 g/mol. The zero-order valence-electron chi connectivity index (χ0n) is 19.3. The van der Waals surface area contributed by atoms with Gasteiger partial charge < -0.3 is 25.0 Å². The van der Waals surface area contributed by atoms with Crippen molar-refractivity contribution in [3.63, 3.8) is 0 Å². The van der Waals surface area contributed by atoms with E-state index in [-0.39, 0.29) is 5.92 Å². The Kier molecular flexibility index (Phi) is 5.34. The van der Waals surface area contributed by atoms with Crippen LogP contribution in [0.5, 0.6) is 5.75 Å². The van der Waals surface area contributed by atoms with Gasteiger partial charge in [0.2, 0.25) is 5.91 Å². The number of carboxylic acid groups (broad SMARTS) is 1. The number of urea groups is 1. The van der Waals surface area contributed by atoms with E-state index in [1.54, 1.807) is 27.9 Å². The molecule has 0 unspecified atom stereocenters. The average Bonchev–Trinajstić information content (AvgIpc) is 3.24. The summed E-state index contributed by atoms with van der Waals surface area (Å²) in [6.07, 6.45) is 0.542. The summed E-state index contributed by atoms with van der Waals surface area (Å²) in [6.45, 7) is 6.76. The standard InChI is InChI=1S/C23H28N4O6/c1-11(2)17(20(29)30)25-19(28)12(3)27-21(31)23(4)18-14(8-9-26(23)22(27)32)15-10-13(33-5)6-7-16(15)24-18/h6-7,10-12,17,24H,8-9H2,1-5H3,(H,25,28)(H,29,30)/t12-,17-,23-/m0/s1. The molecule has 4 amide bonds. The van der Waals surface area contributed by atoms with Gasteiger partial charge >= 0.3 is 12.0 Å². The maximum atomic E-state index is 13.7. The normalized spacial score (nSPS) is 21.8. The number of carboxylic acids is 1. The summed E-state index contributed by atoms with van der Waals surface area (Å²) in [5, 5.41) is 12.8. The van der Waals surface area contributed by atoms with E-state index >= 15 is 0 Å². The van der Waals surface area contributed by atoms with Crippen LogP contribution in [-0.4, -0.2) is 69.4 Å². The smallest absolute Gasteiger partial charge is 0.328 e. The van der Waals surface area contributed by atoms with E-state index in [0.29, 0.717) is 24.4 Å². The number of hydrogen-bond donors (Lipinski definition) is 3. The van der Waals surface area contributed by atoms with Crippen LogP contribution in [0.2, 0.25) is 0 Å². The van der Waals surface area contributed by atoms with Crippen LogP contribution < -0.4 is 10.1 Å². The highest BCUT2D eigenvalue weighted by atomic mass is 16.5. The minimum atomic E-state index is -1.30. The van der Waals surface area contributed by atoms with Crippen molar-refractivity contribution in [2.24, 2.45) is 5.92 Å². The number of ether oxygens (including phenoxy) is 1. The molecule has 1 saturated heterocycles. The van der Waals surface area contributed by atoms with Crippen molar-refractivity contribution in [3.8, 4) is 5.75 Å². The summed E-state index contributed by atoms with van der Waals surface area (Å²) in [6, 6.07) is 2.73. The highest BCUT2D eigenvalue weighted by Gasteiger charge is 2.60. The number of aliphatic carboxylic acids is 1. The number of H-pyrrole nitrogens is 1. The molecule has 10 nitrogen and oxygen atoms in total. The number of aromatic nitrogens is 1. The topological polar surface area (TPSA) is 132 Å². The number of aromatic amines is 1. The number of imide groups is 1. The van der Waals surface area contributed by atoms with E-state index in [9.17, 15) is 24.3 Å². The number of carbonyl (C=O) groups excluding carboxylic acids is 3. The summed E-state index contributed by atoms with van der Waals surface area (Å²) in [4.78, 5) is 57.0. The van der Waals surface area contributed by atoms with Crippen LogP contribution in [0.3, 0.4) is 0 Å². The third-order valence-corrected chi connectivity index (χ3v) is 6.79. The molecule has 0 saturated carbocycles. The number of nitrogens with one attached hydrogen (secondary N) is 2. The molecule has 0 bridgehead atoms. The number of benzene rings is 1. The molecule has 3 atom stereocenters. The molecule has 3 heterocycles.